The molecular formula is C20H23FN6. The van der Waals surface area contributed by atoms with Gasteiger partial charge in [-0.3, -0.25) is 9.88 Å². The number of pyridine rings is 1. The number of likely N-dealkylation sites (tertiary alicyclic amines) is 1. The minimum Gasteiger partial charge on any atom is -0.328 e. The van der Waals surface area contributed by atoms with E-state index in [1.165, 1.54) is 6.07 Å². The Hall–Kier alpha value is -2.64. The predicted molar refractivity (Wildman–Crippen MR) is 102 cm³/mol. The number of nitrogens with zero attached hydrogens (tertiary/aromatic N) is 5. The van der Waals surface area contributed by atoms with Gasteiger partial charge in [0.05, 0.1) is 11.4 Å². The fraction of sp³-hybridized carbons (Fsp3) is 0.350. The predicted octanol–water partition coefficient (Wildman–Crippen LogP) is 2.70. The number of hydrogen-bond donors (Lipinski definition) is 1. The van der Waals surface area contributed by atoms with Crippen molar-refractivity contribution in [1.82, 2.24) is 24.9 Å². The molecule has 1 fully saturated rings. The minimum atomic E-state index is -0.228. The standard InChI is InChI=1S/C20H23FN6/c1-14-12-17(2-3-18(14)21)27-20(15-4-8-23-9-5-15)19(24-25-27)13-26-10-6-16(22)7-11-26/h2-5,8-9,12,16H,6-7,10-11,13,22H2,1H3. The summed E-state index contributed by atoms with van der Waals surface area (Å²) in [7, 11) is 0. The van der Waals surface area contributed by atoms with Crippen molar-refractivity contribution >= 4 is 0 Å². The molecule has 1 aliphatic rings. The zero-order valence-electron chi connectivity index (χ0n) is 15.3. The van der Waals surface area contributed by atoms with E-state index in [0.717, 1.165) is 48.6 Å². The van der Waals surface area contributed by atoms with Crippen LogP contribution < -0.4 is 5.73 Å². The first kappa shape index (κ1) is 17.8. The van der Waals surface area contributed by atoms with Crippen molar-refractivity contribution in [3.63, 3.8) is 0 Å². The van der Waals surface area contributed by atoms with Crippen LogP contribution in [0, 0.1) is 12.7 Å². The molecule has 140 valence electrons. The molecule has 1 aliphatic heterocycles. The van der Waals surface area contributed by atoms with Crippen LogP contribution in [0.1, 0.15) is 24.1 Å². The Morgan fingerprint density at radius 3 is 2.59 bits per heavy atom. The zero-order valence-corrected chi connectivity index (χ0v) is 15.3. The number of piperidine rings is 1. The van der Waals surface area contributed by atoms with Crippen molar-refractivity contribution in [3.8, 4) is 16.9 Å². The third kappa shape index (κ3) is 3.74. The lowest BCUT2D eigenvalue weighted by Crippen LogP contribution is -2.39. The van der Waals surface area contributed by atoms with Crippen LogP contribution in [-0.2, 0) is 6.54 Å². The fourth-order valence-corrected chi connectivity index (χ4v) is 3.48. The maximum Gasteiger partial charge on any atom is 0.126 e. The number of rotatable bonds is 4. The summed E-state index contributed by atoms with van der Waals surface area (Å²) in [5, 5.41) is 8.85. The third-order valence-electron chi connectivity index (χ3n) is 5.09. The average Bonchev–Trinajstić information content (AvgIpc) is 3.10. The Balaban J connectivity index is 1.73. The van der Waals surface area contributed by atoms with Gasteiger partial charge in [-0.1, -0.05) is 5.21 Å². The lowest BCUT2D eigenvalue weighted by molar-refractivity contribution is 0.204. The topological polar surface area (TPSA) is 72.9 Å². The van der Waals surface area contributed by atoms with Gasteiger partial charge in [0, 0.05) is 43.6 Å². The molecule has 0 unspecified atom stereocenters. The summed E-state index contributed by atoms with van der Waals surface area (Å²) in [6, 6.07) is 9.17. The lowest BCUT2D eigenvalue weighted by atomic mass is 10.1. The summed E-state index contributed by atoms with van der Waals surface area (Å²) in [5.41, 5.74) is 10.2. The number of benzene rings is 1. The first-order chi connectivity index (χ1) is 13.1. The van der Waals surface area contributed by atoms with E-state index in [1.54, 1.807) is 36.1 Å². The Bertz CT molecular complexity index is 915. The summed E-state index contributed by atoms with van der Waals surface area (Å²) in [5.74, 6) is -0.228. The molecule has 27 heavy (non-hydrogen) atoms. The van der Waals surface area contributed by atoms with Crippen LogP contribution in [0.3, 0.4) is 0 Å². The van der Waals surface area contributed by atoms with Crippen molar-refractivity contribution in [1.29, 1.82) is 0 Å². The second kappa shape index (κ2) is 7.54. The summed E-state index contributed by atoms with van der Waals surface area (Å²) in [4.78, 5) is 6.47. The first-order valence-corrected chi connectivity index (χ1v) is 9.21. The molecule has 3 heterocycles. The highest BCUT2D eigenvalue weighted by Crippen LogP contribution is 2.27. The molecule has 3 aromatic rings. The van der Waals surface area contributed by atoms with Gasteiger partial charge in [-0.05, 0) is 55.7 Å². The largest absolute Gasteiger partial charge is 0.328 e. The maximum absolute atomic E-state index is 13.7. The molecule has 1 saturated heterocycles. The Morgan fingerprint density at radius 1 is 1.15 bits per heavy atom. The molecule has 2 aromatic heterocycles. The lowest BCUT2D eigenvalue weighted by Gasteiger charge is -2.29. The summed E-state index contributed by atoms with van der Waals surface area (Å²) in [6.07, 6.45) is 5.50. The number of aryl methyl sites for hydroxylation is 1. The van der Waals surface area contributed by atoms with Gasteiger partial charge >= 0.3 is 0 Å². The molecule has 0 aliphatic carbocycles. The van der Waals surface area contributed by atoms with E-state index in [4.69, 9.17) is 5.73 Å². The number of nitrogens with two attached hydrogens (primary N) is 1. The Labute approximate surface area is 157 Å². The van der Waals surface area contributed by atoms with Gasteiger partial charge in [0.15, 0.2) is 0 Å². The maximum atomic E-state index is 13.7. The van der Waals surface area contributed by atoms with E-state index < -0.39 is 0 Å². The molecule has 0 bridgehead atoms. The highest BCUT2D eigenvalue weighted by Gasteiger charge is 2.22. The van der Waals surface area contributed by atoms with Crippen LogP contribution in [0.5, 0.6) is 0 Å². The summed E-state index contributed by atoms with van der Waals surface area (Å²) < 4.78 is 15.5. The van der Waals surface area contributed by atoms with Crippen molar-refractivity contribution in [2.45, 2.75) is 32.4 Å². The highest BCUT2D eigenvalue weighted by atomic mass is 19.1. The minimum absolute atomic E-state index is 0.228. The molecule has 0 amide bonds. The monoisotopic (exact) mass is 366 g/mol. The van der Waals surface area contributed by atoms with Crippen LogP contribution in [0.15, 0.2) is 42.7 Å². The SMILES string of the molecule is Cc1cc(-n2nnc(CN3CCC(N)CC3)c2-c2ccncc2)ccc1F. The van der Waals surface area contributed by atoms with Crippen molar-refractivity contribution in [3.05, 3.63) is 59.8 Å². The Morgan fingerprint density at radius 2 is 1.89 bits per heavy atom. The van der Waals surface area contributed by atoms with Crippen LogP contribution in [0.4, 0.5) is 4.39 Å². The molecule has 0 saturated carbocycles. The molecule has 4 rings (SSSR count). The molecule has 0 spiro atoms. The first-order valence-electron chi connectivity index (χ1n) is 9.21. The highest BCUT2D eigenvalue weighted by molar-refractivity contribution is 5.63. The van der Waals surface area contributed by atoms with Crippen LogP contribution >= 0.6 is 0 Å². The number of halogens is 1. The molecule has 0 atom stereocenters. The third-order valence-corrected chi connectivity index (χ3v) is 5.09. The van der Waals surface area contributed by atoms with Crippen molar-refractivity contribution in [2.24, 2.45) is 5.73 Å². The zero-order chi connectivity index (χ0) is 18.8. The molecule has 2 N–H and O–H groups in total. The Kier molecular flexibility index (Phi) is 4.96. The van der Waals surface area contributed by atoms with E-state index in [9.17, 15) is 4.39 Å². The van der Waals surface area contributed by atoms with E-state index >= 15 is 0 Å². The normalized spacial score (nSPS) is 16.0. The van der Waals surface area contributed by atoms with E-state index in [1.807, 2.05) is 12.1 Å². The van der Waals surface area contributed by atoms with Gasteiger partial charge in [0.1, 0.15) is 11.5 Å². The molecule has 6 nitrogen and oxygen atoms in total. The quantitative estimate of drug-likeness (QED) is 0.769. The second-order valence-corrected chi connectivity index (χ2v) is 7.08. The number of hydrogen-bond acceptors (Lipinski definition) is 5. The van der Waals surface area contributed by atoms with Crippen molar-refractivity contribution < 1.29 is 4.39 Å². The van der Waals surface area contributed by atoms with Gasteiger partial charge < -0.3 is 5.73 Å². The average molecular weight is 366 g/mol. The van der Waals surface area contributed by atoms with Crippen molar-refractivity contribution in [2.75, 3.05) is 13.1 Å². The van der Waals surface area contributed by atoms with Gasteiger partial charge in [0.2, 0.25) is 0 Å². The van der Waals surface area contributed by atoms with Gasteiger partial charge in [-0.2, -0.15) is 0 Å². The smallest absolute Gasteiger partial charge is 0.126 e. The molecule has 7 heteroatoms. The van der Waals surface area contributed by atoms with Gasteiger partial charge in [-0.25, -0.2) is 9.07 Å². The van der Waals surface area contributed by atoms with Crippen LogP contribution in [-0.4, -0.2) is 44.0 Å². The van der Waals surface area contributed by atoms with Gasteiger partial charge in [-0.15, -0.1) is 5.10 Å². The summed E-state index contributed by atoms with van der Waals surface area (Å²) in [6.45, 7) is 4.38. The molecule has 1 aromatic carbocycles. The molecular weight excluding hydrogens is 343 g/mol. The fourth-order valence-electron chi connectivity index (χ4n) is 3.48. The number of aromatic nitrogens is 4. The van der Waals surface area contributed by atoms with E-state index in [-0.39, 0.29) is 5.82 Å². The van der Waals surface area contributed by atoms with E-state index in [2.05, 4.69) is 20.2 Å². The second-order valence-electron chi connectivity index (χ2n) is 7.08. The van der Waals surface area contributed by atoms with Crippen LogP contribution in [0.2, 0.25) is 0 Å². The summed E-state index contributed by atoms with van der Waals surface area (Å²) >= 11 is 0. The van der Waals surface area contributed by atoms with E-state index in [0.29, 0.717) is 18.2 Å². The van der Waals surface area contributed by atoms with Gasteiger partial charge in [0.25, 0.3) is 0 Å². The van der Waals surface area contributed by atoms with Crippen LogP contribution in [0.25, 0.3) is 16.9 Å². The molecule has 0 radical (unpaired) electrons.